The van der Waals surface area contributed by atoms with Gasteiger partial charge in [-0.3, -0.25) is 0 Å². The van der Waals surface area contributed by atoms with Gasteiger partial charge >= 0.3 is 5.97 Å². The van der Waals surface area contributed by atoms with E-state index in [4.69, 9.17) is 4.84 Å². The number of rotatable bonds is 3. The number of hydrogen-bond acceptors (Lipinski definition) is 3. The maximum absolute atomic E-state index is 12.2. The van der Waals surface area contributed by atoms with Crippen molar-refractivity contribution >= 4 is 11.7 Å². The molecule has 0 unspecified atom stereocenters. The van der Waals surface area contributed by atoms with Gasteiger partial charge in [0.2, 0.25) is 0 Å². The first-order valence-corrected chi connectivity index (χ1v) is 8.69. The van der Waals surface area contributed by atoms with Gasteiger partial charge < -0.3 is 9.82 Å². The Hall–Kier alpha value is -1.58. The summed E-state index contributed by atoms with van der Waals surface area (Å²) in [5.41, 5.74) is 5.96. The van der Waals surface area contributed by atoms with E-state index in [-0.39, 0.29) is 11.9 Å². The van der Waals surface area contributed by atoms with Crippen LogP contribution in [0, 0.1) is 12.8 Å². The lowest BCUT2D eigenvalue weighted by Gasteiger charge is -2.19. The first-order chi connectivity index (χ1) is 10.7. The number of aryl methyl sites for hydroxylation is 2. The summed E-state index contributed by atoms with van der Waals surface area (Å²) in [6, 6.07) is 0. The third-order valence-corrected chi connectivity index (χ3v) is 5.06. The van der Waals surface area contributed by atoms with Crippen molar-refractivity contribution in [2.24, 2.45) is 11.1 Å². The van der Waals surface area contributed by atoms with E-state index in [1.54, 1.807) is 0 Å². The van der Waals surface area contributed by atoms with Crippen LogP contribution in [0.15, 0.2) is 5.16 Å². The number of oxime groups is 1. The molecule has 1 heterocycles. The van der Waals surface area contributed by atoms with Crippen molar-refractivity contribution in [2.45, 2.75) is 71.6 Å². The van der Waals surface area contributed by atoms with Crippen molar-refractivity contribution in [3.8, 4) is 0 Å². The largest absolute Gasteiger partial charge is 0.362 e. The molecule has 0 aromatic carbocycles. The number of nitrogens with zero attached hydrogens (tertiary/aromatic N) is 1. The van der Waals surface area contributed by atoms with Gasteiger partial charge in [-0.15, -0.1) is 0 Å². The number of aromatic nitrogens is 1. The topological polar surface area (TPSA) is 54.4 Å². The molecule has 0 radical (unpaired) electrons. The highest BCUT2D eigenvalue weighted by molar-refractivity contribution is 6.04. The number of aromatic amines is 1. The molecule has 3 rings (SSSR count). The lowest BCUT2D eigenvalue weighted by Crippen LogP contribution is -2.20. The van der Waals surface area contributed by atoms with Crippen molar-refractivity contribution in [3.63, 3.8) is 0 Å². The summed E-state index contributed by atoms with van der Waals surface area (Å²) in [7, 11) is 0. The molecule has 120 valence electrons. The number of nitrogens with one attached hydrogen (secondary N) is 1. The first kappa shape index (κ1) is 15.3. The van der Waals surface area contributed by atoms with Gasteiger partial charge in [-0.1, -0.05) is 31.3 Å². The molecule has 0 atom stereocenters. The van der Waals surface area contributed by atoms with E-state index < -0.39 is 0 Å². The third-order valence-electron chi connectivity index (χ3n) is 5.06. The zero-order chi connectivity index (χ0) is 15.5. The number of hydrogen-bond donors (Lipinski definition) is 1. The number of carbonyl (C=O) groups excluding carboxylic acids is 1. The van der Waals surface area contributed by atoms with Crippen LogP contribution in [0.3, 0.4) is 0 Å². The highest BCUT2D eigenvalue weighted by Gasteiger charge is 2.25. The van der Waals surface area contributed by atoms with Crippen molar-refractivity contribution in [2.75, 3.05) is 0 Å². The van der Waals surface area contributed by atoms with Crippen molar-refractivity contribution < 1.29 is 9.63 Å². The Bertz CT molecular complexity index is 580. The molecule has 1 aromatic rings. The van der Waals surface area contributed by atoms with E-state index in [0.717, 1.165) is 57.1 Å². The molecule has 4 heteroatoms. The van der Waals surface area contributed by atoms with E-state index >= 15 is 0 Å². The maximum atomic E-state index is 12.2. The second-order valence-electron chi connectivity index (χ2n) is 6.57. The molecule has 1 saturated carbocycles. The van der Waals surface area contributed by atoms with Gasteiger partial charge in [0.15, 0.2) is 0 Å². The van der Waals surface area contributed by atoms with E-state index in [1.165, 1.54) is 28.9 Å². The van der Waals surface area contributed by atoms with Crippen LogP contribution in [0.5, 0.6) is 0 Å². The predicted octanol–water partition coefficient (Wildman–Crippen LogP) is 4.05. The van der Waals surface area contributed by atoms with E-state index in [2.05, 4.69) is 24.0 Å². The summed E-state index contributed by atoms with van der Waals surface area (Å²) in [6.45, 7) is 4.28. The Morgan fingerprint density at radius 3 is 2.73 bits per heavy atom. The second kappa shape index (κ2) is 6.67. The molecule has 0 aliphatic heterocycles. The van der Waals surface area contributed by atoms with Gasteiger partial charge in [0.25, 0.3) is 0 Å². The van der Waals surface area contributed by atoms with Crippen molar-refractivity contribution in [3.05, 3.63) is 22.5 Å². The summed E-state index contributed by atoms with van der Waals surface area (Å²) in [4.78, 5) is 21.0. The average Bonchev–Trinajstić information content (AvgIpc) is 2.89. The molecule has 0 amide bonds. The Morgan fingerprint density at radius 2 is 2.00 bits per heavy atom. The average molecular weight is 302 g/mol. The van der Waals surface area contributed by atoms with Gasteiger partial charge in [-0.25, -0.2) is 4.79 Å². The third kappa shape index (κ3) is 2.96. The number of H-pyrrole nitrogens is 1. The van der Waals surface area contributed by atoms with Crippen molar-refractivity contribution in [1.29, 1.82) is 0 Å². The summed E-state index contributed by atoms with van der Waals surface area (Å²) in [6.07, 6.45) is 9.43. The summed E-state index contributed by atoms with van der Waals surface area (Å²) < 4.78 is 0. The van der Waals surface area contributed by atoms with Crippen LogP contribution in [0.2, 0.25) is 0 Å². The van der Waals surface area contributed by atoms with Crippen LogP contribution in [-0.2, 0) is 22.5 Å². The number of fused-ring (bicyclic) bond motifs is 1. The van der Waals surface area contributed by atoms with Crippen LogP contribution >= 0.6 is 0 Å². The van der Waals surface area contributed by atoms with Gasteiger partial charge in [0.1, 0.15) is 0 Å². The lowest BCUT2D eigenvalue weighted by molar-refractivity contribution is -0.149. The van der Waals surface area contributed by atoms with Crippen molar-refractivity contribution in [1.82, 2.24) is 4.98 Å². The molecule has 22 heavy (non-hydrogen) atoms. The molecule has 0 saturated heterocycles. The number of carbonyl (C=O) groups is 1. The van der Waals surface area contributed by atoms with E-state index in [0.29, 0.717) is 0 Å². The van der Waals surface area contributed by atoms with E-state index in [1.807, 2.05) is 0 Å². The van der Waals surface area contributed by atoms with Gasteiger partial charge in [0, 0.05) is 17.0 Å². The van der Waals surface area contributed by atoms with Gasteiger partial charge in [-0.05, 0) is 51.0 Å². The molecule has 1 fully saturated rings. The Balaban J connectivity index is 1.77. The van der Waals surface area contributed by atoms with Crippen LogP contribution < -0.4 is 0 Å². The normalized spacial score (nSPS) is 20.9. The molecule has 0 spiro atoms. The highest BCUT2D eigenvalue weighted by atomic mass is 16.7. The van der Waals surface area contributed by atoms with Crippen LogP contribution in [-0.4, -0.2) is 16.7 Å². The molecule has 0 bridgehead atoms. The molecular formula is C18H26N2O2. The zero-order valence-corrected chi connectivity index (χ0v) is 13.7. The quantitative estimate of drug-likeness (QED) is 0.676. The monoisotopic (exact) mass is 302 g/mol. The SMILES string of the molecule is CCc1c(C)[nH]c2c1C(=NOC(=O)C1CCCCC1)CCC2. The van der Waals surface area contributed by atoms with Crippen LogP contribution in [0.1, 0.15) is 74.4 Å². The minimum atomic E-state index is -0.135. The molecule has 2 aliphatic carbocycles. The smallest absolute Gasteiger partial charge is 0.338 e. The van der Waals surface area contributed by atoms with Gasteiger partial charge in [0.05, 0.1) is 11.6 Å². The predicted molar refractivity (Wildman–Crippen MR) is 87.0 cm³/mol. The zero-order valence-electron chi connectivity index (χ0n) is 13.7. The fraction of sp³-hybridized carbons (Fsp3) is 0.667. The standard InChI is InChI=1S/C18H26N2O2/c1-3-14-12(2)19-15-10-7-11-16(17(14)15)20-22-18(21)13-8-5-4-6-9-13/h13,19H,3-11H2,1-2H3. The molecule has 1 N–H and O–H groups in total. The lowest BCUT2D eigenvalue weighted by atomic mass is 9.89. The highest BCUT2D eigenvalue weighted by Crippen LogP contribution is 2.29. The second-order valence-corrected chi connectivity index (χ2v) is 6.57. The first-order valence-electron chi connectivity index (χ1n) is 8.69. The minimum Gasteiger partial charge on any atom is -0.362 e. The summed E-state index contributed by atoms with van der Waals surface area (Å²) in [5.74, 6) is -0.0793. The van der Waals surface area contributed by atoms with E-state index in [9.17, 15) is 4.79 Å². The fourth-order valence-electron chi connectivity index (χ4n) is 3.87. The minimum absolute atomic E-state index is 0.0553. The van der Waals surface area contributed by atoms with Gasteiger partial charge in [-0.2, -0.15) is 0 Å². The summed E-state index contributed by atoms with van der Waals surface area (Å²) in [5, 5.41) is 4.27. The Morgan fingerprint density at radius 1 is 1.23 bits per heavy atom. The molecule has 4 nitrogen and oxygen atoms in total. The fourth-order valence-corrected chi connectivity index (χ4v) is 3.87. The van der Waals surface area contributed by atoms with Crippen LogP contribution in [0.4, 0.5) is 0 Å². The molecule has 1 aromatic heterocycles. The Kier molecular flexibility index (Phi) is 4.65. The molecule has 2 aliphatic rings. The Labute approximate surface area is 132 Å². The van der Waals surface area contributed by atoms with Crippen LogP contribution in [0.25, 0.3) is 0 Å². The molecular weight excluding hydrogens is 276 g/mol. The maximum Gasteiger partial charge on any atom is 0.338 e. The summed E-state index contributed by atoms with van der Waals surface area (Å²) >= 11 is 0.